The number of rotatable bonds is 3. The number of aliphatic imine (C=N–C) groups is 1. The molecule has 0 aliphatic heterocycles. The lowest BCUT2D eigenvalue weighted by Crippen LogP contribution is -2.38. The van der Waals surface area contributed by atoms with Crippen molar-refractivity contribution in [2.75, 3.05) is 0 Å². The lowest BCUT2D eigenvalue weighted by atomic mass is 10.2. The summed E-state index contributed by atoms with van der Waals surface area (Å²) in [6, 6.07) is 5.44. The van der Waals surface area contributed by atoms with Gasteiger partial charge < -0.3 is 11.1 Å². The molecule has 5 heteroatoms. The Bertz CT molecular complexity index is 442. The number of hydrogen-bond donors (Lipinski definition) is 2. The molecule has 0 amide bonds. The van der Waals surface area contributed by atoms with Gasteiger partial charge in [0.25, 0.3) is 0 Å². The van der Waals surface area contributed by atoms with E-state index in [1.165, 1.54) is 18.9 Å². The summed E-state index contributed by atoms with van der Waals surface area (Å²) in [6.07, 6.45) is 4.82. The van der Waals surface area contributed by atoms with Gasteiger partial charge in [-0.15, -0.1) is 0 Å². The number of nitrogens with zero attached hydrogens (tertiary/aromatic N) is 1. The van der Waals surface area contributed by atoms with Crippen molar-refractivity contribution < 1.29 is 4.39 Å². The van der Waals surface area contributed by atoms with E-state index in [0.717, 1.165) is 18.4 Å². The second kappa shape index (κ2) is 6.18. The standard InChI is InChI=1S/C13H17BrFN3/c14-11-6-5-9(7-12(11)15)8-17-13(16)18-10-3-1-2-4-10/h5-7,10H,1-4,8H2,(H3,16,17,18). The smallest absolute Gasteiger partial charge is 0.189 e. The molecule has 1 aliphatic carbocycles. The number of halogens is 2. The maximum atomic E-state index is 13.3. The van der Waals surface area contributed by atoms with Gasteiger partial charge >= 0.3 is 0 Å². The van der Waals surface area contributed by atoms with Crippen molar-refractivity contribution in [2.24, 2.45) is 10.7 Å². The largest absolute Gasteiger partial charge is 0.370 e. The zero-order valence-corrected chi connectivity index (χ0v) is 11.7. The van der Waals surface area contributed by atoms with Crippen molar-refractivity contribution in [3.8, 4) is 0 Å². The number of benzene rings is 1. The van der Waals surface area contributed by atoms with Gasteiger partial charge in [-0.05, 0) is 46.5 Å². The van der Waals surface area contributed by atoms with Gasteiger partial charge in [0.05, 0.1) is 11.0 Å². The van der Waals surface area contributed by atoms with Gasteiger partial charge in [0.1, 0.15) is 5.82 Å². The van der Waals surface area contributed by atoms with Crippen LogP contribution in [0.3, 0.4) is 0 Å². The van der Waals surface area contributed by atoms with E-state index in [1.807, 2.05) is 6.07 Å². The highest BCUT2D eigenvalue weighted by Gasteiger charge is 2.14. The zero-order valence-electron chi connectivity index (χ0n) is 10.1. The monoisotopic (exact) mass is 313 g/mol. The van der Waals surface area contributed by atoms with Crippen LogP contribution in [0.2, 0.25) is 0 Å². The molecule has 0 spiro atoms. The second-order valence-corrected chi connectivity index (χ2v) is 5.43. The van der Waals surface area contributed by atoms with Gasteiger partial charge in [-0.3, -0.25) is 0 Å². The second-order valence-electron chi connectivity index (χ2n) is 4.58. The summed E-state index contributed by atoms with van der Waals surface area (Å²) in [6.45, 7) is 0.399. The van der Waals surface area contributed by atoms with Crippen LogP contribution in [0.4, 0.5) is 4.39 Å². The molecule has 2 rings (SSSR count). The Morgan fingerprint density at radius 1 is 1.44 bits per heavy atom. The minimum atomic E-state index is -0.273. The third-order valence-corrected chi connectivity index (χ3v) is 3.77. The van der Waals surface area contributed by atoms with Crippen LogP contribution in [0.5, 0.6) is 0 Å². The Balaban J connectivity index is 1.90. The summed E-state index contributed by atoms with van der Waals surface area (Å²) >= 11 is 3.12. The molecule has 0 bridgehead atoms. The first kappa shape index (κ1) is 13.3. The molecule has 0 heterocycles. The Morgan fingerprint density at radius 3 is 2.83 bits per heavy atom. The number of nitrogens with two attached hydrogens (primary N) is 1. The average Bonchev–Trinajstić information content (AvgIpc) is 2.83. The van der Waals surface area contributed by atoms with Gasteiger partial charge in [0.15, 0.2) is 5.96 Å². The lowest BCUT2D eigenvalue weighted by molar-refractivity contribution is 0.617. The fourth-order valence-electron chi connectivity index (χ4n) is 2.14. The molecule has 0 radical (unpaired) electrons. The molecule has 0 atom stereocenters. The summed E-state index contributed by atoms with van der Waals surface area (Å²) in [4.78, 5) is 4.23. The topological polar surface area (TPSA) is 50.4 Å². The molecule has 3 N–H and O–H groups in total. The summed E-state index contributed by atoms with van der Waals surface area (Å²) in [5.41, 5.74) is 6.62. The summed E-state index contributed by atoms with van der Waals surface area (Å²) < 4.78 is 13.8. The van der Waals surface area contributed by atoms with E-state index < -0.39 is 0 Å². The zero-order chi connectivity index (χ0) is 13.0. The molecule has 98 valence electrons. The molecule has 0 saturated heterocycles. The first-order valence-electron chi connectivity index (χ1n) is 6.15. The third-order valence-electron chi connectivity index (χ3n) is 3.12. The van der Waals surface area contributed by atoms with Crippen molar-refractivity contribution in [3.63, 3.8) is 0 Å². The highest BCUT2D eigenvalue weighted by Crippen LogP contribution is 2.18. The molecule has 0 aromatic heterocycles. The van der Waals surface area contributed by atoms with Crippen molar-refractivity contribution in [2.45, 2.75) is 38.3 Å². The summed E-state index contributed by atoms with van der Waals surface area (Å²) in [5, 5.41) is 3.20. The van der Waals surface area contributed by atoms with E-state index in [0.29, 0.717) is 23.0 Å². The molecule has 3 nitrogen and oxygen atoms in total. The molecular weight excluding hydrogens is 297 g/mol. The fraction of sp³-hybridized carbons (Fsp3) is 0.462. The molecule has 1 aliphatic rings. The minimum Gasteiger partial charge on any atom is -0.370 e. The normalized spacial score (nSPS) is 17.1. The van der Waals surface area contributed by atoms with Gasteiger partial charge in [0.2, 0.25) is 0 Å². The van der Waals surface area contributed by atoms with Crippen LogP contribution in [-0.4, -0.2) is 12.0 Å². The SMILES string of the molecule is NC(=NCc1ccc(Br)c(F)c1)NC1CCCC1. The van der Waals surface area contributed by atoms with Crippen molar-refractivity contribution in [1.29, 1.82) is 0 Å². The maximum absolute atomic E-state index is 13.3. The molecular formula is C13H17BrFN3. The maximum Gasteiger partial charge on any atom is 0.189 e. The average molecular weight is 314 g/mol. The van der Waals surface area contributed by atoms with Gasteiger partial charge in [-0.25, -0.2) is 9.38 Å². The van der Waals surface area contributed by atoms with Crippen LogP contribution in [-0.2, 0) is 6.54 Å². The van der Waals surface area contributed by atoms with Crippen LogP contribution in [0, 0.1) is 5.82 Å². The number of guanidine groups is 1. The lowest BCUT2D eigenvalue weighted by Gasteiger charge is -2.12. The first-order chi connectivity index (χ1) is 8.65. The van der Waals surface area contributed by atoms with E-state index in [-0.39, 0.29) is 5.82 Å². The van der Waals surface area contributed by atoms with E-state index in [9.17, 15) is 4.39 Å². The van der Waals surface area contributed by atoms with Crippen molar-refractivity contribution >= 4 is 21.9 Å². The third kappa shape index (κ3) is 3.70. The minimum absolute atomic E-state index is 0.273. The Morgan fingerprint density at radius 2 is 2.17 bits per heavy atom. The predicted molar refractivity (Wildman–Crippen MR) is 74.8 cm³/mol. The molecule has 0 unspecified atom stereocenters. The molecule has 1 saturated carbocycles. The fourth-order valence-corrected chi connectivity index (χ4v) is 2.39. The van der Waals surface area contributed by atoms with Gasteiger partial charge in [0, 0.05) is 6.04 Å². The molecule has 1 aromatic carbocycles. The predicted octanol–water partition coefficient (Wildman–Crippen LogP) is 2.94. The van der Waals surface area contributed by atoms with E-state index in [1.54, 1.807) is 6.07 Å². The Hall–Kier alpha value is -1.10. The van der Waals surface area contributed by atoms with Crippen LogP contribution < -0.4 is 11.1 Å². The van der Waals surface area contributed by atoms with Crippen LogP contribution in [0.1, 0.15) is 31.2 Å². The van der Waals surface area contributed by atoms with Crippen molar-refractivity contribution in [1.82, 2.24) is 5.32 Å². The molecule has 1 aromatic rings. The molecule has 1 fully saturated rings. The number of hydrogen-bond acceptors (Lipinski definition) is 1. The van der Waals surface area contributed by atoms with Crippen LogP contribution >= 0.6 is 15.9 Å². The van der Waals surface area contributed by atoms with Gasteiger partial charge in [-0.2, -0.15) is 0 Å². The highest BCUT2D eigenvalue weighted by atomic mass is 79.9. The molecule has 18 heavy (non-hydrogen) atoms. The quantitative estimate of drug-likeness (QED) is 0.666. The van der Waals surface area contributed by atoms with Crippen molar-refractivity contribution in [3.05, 3.63) is 34.1 Å². The van der Waals surface area contributed by atoms with E-state index in [4.69, 9.17) is 5.73 Å². The van der Waals surface area contributed by atoms with Crippen LogP contribution in [0.15, 0.2) is 27.7 Å². The number of nitrogens with one attached hydrogen (secondary N) is 1. The van der Waals surface area contributed by atoms with E-state index in [2.05, 4.69) is 26.2 Å². The highest BCUT2D eigenvalue weighted by molar-refractivity contribution is 9.10. The Labute approximate surface area is 115 Å². The summed E-state index contributed by atoms with van der Waals surface area (Å²) in [5.74, 6) is 0.176. The first-order valence-corrected chi connectivity index (χ1v) is 6.95. The van der Waals surface area contributed by atoms with Gasteiger partial charge in [-0.1, -0.05) is 18.9 Å². The Kier molecular flexibility index (Phi) is 4.58. The van der Waals surface area contributed by atoms with E-state index >= 15 is 0 Å². The van der Waals surface area contributed by atoms with Crippen LogP contribution in [0.25, 0.3) is 0 Å². The summed E-state index contributed by atoms with van der Waals surface area (Å²) in [7, 11) is 0.